The fourth-order valence-corrected chi connectivity index (χ4v) is 9.07. The van der Waals surface area contributed by atoms with E-state index < -0.39 is 31.1 Å². The molecule has 0 aromatic carbocycles. The Hall–Kier alpha value is -0.781. The summed E-state index contributed by atoms with van der Waals surface area (Å²) in [6.07, 6.45) is 6.49. The summed E-state index contributed by atoms with van der Waals surface area (Å²) in [4.78, 5) is 22.9. The van der Waals surface area contributed by atoms with E-state index in [1.165, 1.54) is 0 Å². The molecule has 0 N–H and O–H groups in total. The molecular formula is C14H24O4Sn. The predicted molar refractivity (Wildman–Crippen MR) is 77.8 cm³/mol. The average Bonchev–Trinajstić information content (AvgIpc) is 2.42. The van der Waals surface area contributed by atoms with Gasteiger partial charge in [-0.05, 0) is 0 Å². The monoisotopic (exact) mass is 376 g/mol. The number of hydrogen-bond donors (Lipinski definition) is 0. The van der Waals surface area contributed by atoms with Crippen LogP contribution in [0.1, 0.15) is 39.5 Å². The molecule has 0 amide bonds. The molecule has 0 rings (SSSR count). The maximum absolute atomic E-state index is 11.4. The van der Waals surface area contributed by atoms with Gasteiger partial charge in [-0.15, -0.1) is 0 Å². The van der Waals surface area contributed by atoms with Crippen LogP contribution in [0.3, 0.4) is 0 Å². The molecule has 0 aromatic rings. The number of unbranched alkanes of at least 4 members (excludes halogenated alkanes) is 3. The first-order chi connectivity index (χ1) is 9.03. The molecule has 0 radical (unpaired) electrons. The molecule has 0 heterocycles. The van der Waals surface area contributed by atoms with Crippen LogP contribution >= 0.6 is 0 Å². The molecule has 0 bridgehead atoms. The SMILES string of the molecule is C=CC(=O)[O][Sn]([CH2]C)([CH2]CCCCC)[O]C(=O)C=C. The normalized spacial score (nSPS) is 10.6. The Balaban J connectivity index is 4.72. The molecule has 19 heavy (non-hydrogen) atoms. The molecule has 0 spiro atoms. The van der Waals surface area contributed by atoms with Crippen molar-refractivity contribution in [3.05, 3.63) is 25.3 Å². The van der Waals surface area contributed by atoms with Crippen molar-refractivity contribution in [3.8, 4) is 0 Å². The Labute approximate surface area is 120 Å². The summed E-state index contributed by atoms with van der Waals surface area (Å²) in [7, 11) is 0. The minimum absolute atomic E-state index is 0.495. The van der Waals surface area contributed by atoms with Crippen LogP contribution in [-0.4, -0.2) is 31.1 Å². The van der Waals surface area contributed by atoms with Gasteiger partial charge in [-0.1, -0.05) is 0 Å². The zero-order chi connectivity index (χ0) is 14.7. The molecule has 0 fully saturated rings. The number of carbonyl (C=O) groups is 2. The van der Waals surface area contributed by atoms with E-state index in [4.69, 9.17) is 6.15 Å². The van der Waals surface area contributed by atoms with Crippen LogP contribution in [0.25, 0.3) is 0 Å². The number of hydrogen-bond acceptors (Lipinski definition) is 4. The third-order valence-electron chi connectivity index (χ3n) is 2.86. The molecule has 0 saturated carbocycles. The van der Waals surface area contributed by atoms with Crippen LogP contribution in [0, 0.1) is 0 Å². The summed E-state index contributed by atoms with van der Waals surface area (Å²) in [6.45, 7) is 10.8. The van der Waals surface area contributed by atoms with E-state index in [0.717, 1.165) is 37.8 Å². The van der Waals surface area contributed by atoms with Crippen molar-refractivity contribution in [1.29, 1.82) is 0 Å². The Morgan fingerprint density at radius 1 is 1.00 bits per heavy atom. The summed E-state index contributed by atoms with van der Waals surface area (Å²) in [5, 5.41) is 0. The molecule has 0 aliphatic carbocycles. The number of rotatable bonds is 10. The summed E-state index contributed by atoms with van der Waals surface area (Å²) in [5.41, 5.74) is 0. The van der Waals surface area contributed by atoms with Crippen molar-refractivity contribution >= 4 is 31.1 Å². The molecular weight excluding hydrogens is 351 g/mol. The van der Waals surface area contributed by atoms with E-state index in [2.05, 4.69) is 20.1 Å². The molecule has 0 saturated heterocycles. The van der Waals surface area contributed by atoms with Gasteiger partial charge in [0.2, 0.25) is 0 Å². The van der Waals surface area contributed by atoms with Gasteiger partial charge in [-0.3, -0.25) is 0 Å². The van der Waals surface area contributed by atoms with E-state index in [1.807, 2.05) is 6.92 Å². The zero-order valence-electron chi connectivity index (χ0n) is 11.9. The summed E-state index contributed by atoms with van der Waals surface area (Å²) in [5.74, 6) is -0.991. The quantitative estimate of drug-likeness (QED) is 0.333. The van der Waals surface area contributed by atoms with Crippen molar-refractivity contribution in [2.75, 3.05) is 0 Å². The summed E-state index contributed by atoms with van der Waals surface area (Å²) in [6, 6.07) is 0. The Morgan fingerprint density at radius 3 is 1.89 bits per heavy atom. The molecule has 0 aliphatic rings. The van der Waals surface area contributed by atoms with Crippen molar-refractivity contribution in [2.24, 2.45) is 0 Å². The van der Waals surface area contributed by atoms with Crippen molar-refractivity contribution in [2.45, 2.75) is 48.4 Å². The maximum atomic E-state index is 11.4. The molecule has 0 aromatic heterocycles. The van der Waals surface area contributed by atoms with E-state index in [0.29, 0.717) is 8.87 Å². The molecule has 4 nitrogen and oxygen atoms in total. The average molecular weight is 375 g/mol. The van der Waals surface area contributed by atoms with Crippen LogP contribution in [0.4, 0.5) is 0 Å². The van der Waals surface area contributed by atoms with Crippen molar-refractivity contribution < 1.29 is 15.7 Å². The third-order valence-corrected chi connectivity index (χ3v) is 12.4. The van der Waals surface area contributed by atoms with E-state index in [1.54, 1.807) is 0 Å². The van der Waals surface area contributed by atoms with Crippen LogP contribution < -0.4 is 0 Å². The second-order valence-corrected chi connectivity index (χ2v) is 14.1. The van der Waals surface area contributed by atoms with Crippen LogP contribution in [-0.2, 0) is 15.7 Å². The van der Waals surface area contributed by atoms with Crippen LogP contribution in [0.2, 0.25) is 8.87 Å². The van der Waals surface area contributed by atoms with Gasteiger partial charge in [0.15, 0.2) is 0 Å². The predicted octanol–water partition coefficient (Wildman–Crippen LogP) is 3.49. The first-order valence-electron chi connectivity index (χ1n) is 6.74. The summed E-state index contributed by atoms with van der Waals surface area (Å²) < 4.78 is 12.2. The van der Waals surface area contributed by atoms with Gasteiger partial charge in [0.1, 0.15) is 0 Å². The Bertz CT molecular complexity index is 303. The first kappa shape index (κ1) is 18.2. The van der Waals surface area contributed by atoms with E-state index in [-0.39, 0.29) is 0 Å². The van der Waals surface area contributed by atoms with Crippen molar-refractivity contribution in [1.82, 2.24) is 0 Å². The first-order valence-corrected chi connectivity index (χ1v) is 13.1. The summed E-state index contributed by atoms with van der Waals surface area (Å²) >= 11 is -3.66. The topological polar surface area (TPSA) is 52.6 Å². The van der Waals surface area contributed by atoms with Crippen LogP contribution in [0.5, 0.6) is 0 Å². The second kappa shape index (κ2) is 10.1. The van der Waals surface area contributed by atoms with Gasteiger partial charge in [0.25, 0.3) is 0 Å². The minimum atomic E-state index is -3.66. The van der Waals surface area contributed by atoms with Gasteiger partial charge in [-0.2, -0.15) is 0 Å². The van der Waals surface area contributed by atoms with Crippen LogP contribution in [0.15, 0.2) is 25.3 Å². The Kier molecular flexibility index (Phi) is 9.65. The molecule has 0 atom stereocenters. The van der Waals surface area contributed by atoms with E-state index >= 15 is 0 Å². The number of carbonyl (C=O) groups excluding carboxylic acids is 2. The van der Waals surface area contributed by atoms with Gasteiger partial charge in [0.05, 0.1) is 0 Å². The third kappa shape index (κ3) is 7.40. The van der Waals surface area contributed by atoms with Gasteiger partial charge in [-0.25, -0.2) is 0 Å². The Morgan fingerprint density at radius 2 is 1.53 bits per heavy atom. The van der Waals surface area contributed by atoms with E-state index in [9.17, 15) is 9.59 Å². The van der Waals surface area contributed by atoms with Gasteiger partial charge < -0.3 is 0 Å². The molecule has 0 aliphatic heterocycles. The molecule has 5 heteroatoms. The standard InChI is InChI=1S/C6H13.2C3H4O2.C2H5.Sn/c1-3-5-6-4-2;2*1-2-3(4)5;1-2;/h1,3-6H2,2H3;2*2H,1H2,(H,4,5);1H2,2H3;/q;;;;+2/p-2. The van der Waals surface area contributed by atoms with Gasteiger partial charge >= 0.3 is 121 Å². The molecule has 0 unspecified atom stereocenters. The van der Waals surface area contributed by atoms with Crippen molar-refractivity contribution in [3.63, 3.8) is 0 Å². The van der Waals surface area contributed by atoms with Gasteiger partial charge in [0, 0.05) is 0 Å². The zero-order valence-corrected chi connectivity index (χ0v) is 14.8. The second-order valence-electron chi connectivity index (χ2n) is 4.33. The fourth-order valence-electron chi connectivity index (χ4n) is 1.72. The fraction of sp³-hybridized carbons (Fsp3) is 0.571. The molecule has 108 valence electrons.